The van der Waals surface area contributed by atoms with Gasteiger partial charge < -0.3 is 25.3 Å². The molecule has 226 valence electrons. The van der Waals surface area contributed by atoms with Crippen LogP contribution < -0.4 is 20.5 Å². The second-order valence-electron chi connectivity index (χ2n) is 10.2. The first kappa shape index (κ1) is 35.3. The molecule has 0 heterocycles. The van der Waals surface area contributed by atoms with Gasteiger partial charge in [0.15, 0.2) is 0 Å². The van der Waals surface area contributed by atoms with E-state index in [0.717, 1.165) is 32.1 Å². The number of hydrogen-bond acceptors (Lipinski definition) is 6. The van der Waals surface area contributed by atoms with Crippen molar-refractivity contribution in [3.05, 3.63) is 29.8 Å². The zero-order valence-electron chi connectivity index (χ0n) is 24.1. The number of amides is 3. The Morgan fingerprint density at radius 3 is 2.12 bits per heavy atom. The van der Waals surface area contributed by atoms with E-state index in [2.05, 4.69) is 20.5 Å². The number of ketones is 1. The Morgan fingerprint density at radius 2 is 1.55 bits per heavy atom. The van der Waals surface area contributed by atoms with Gasteiger partial charge in [0, 0.05) is 25.8 Å². The van der Waals surface area contributed by atoms with E-state index in [4.69, 9.17) is 9.79 Å². The number of nitrogens with one attached hydrogen (secondary N) is 3. The third kappa shape index (κ3) is 15.1. The maximum Gasteiger partial charge on any atom is 0.524 e. The first-order valence-corrected chi connectivity index (χ1v) is 15.6. The molecule has 0 bridgehead atoms. The normalized spacial score (nSPS) is 13.6. The van der Waals surface area contributed by atoms with E-state index in [1.807, 2.05) is 20.8 Å². The van der Waals surface area contributed by atoms with Crippen LogP contribution in [0.2, 0.25) is 0 Å². The zero-order chi connectivity index (χ0) is 30.1. The summed E-state index contributed by atoms with van der Waals surface area (Å²) in [5.41, 5.74) is 0.627. The van der Waals surface area contributed by atoms with Crippen LogP contribution in [0, 0.1) is 5.92 Å². The Labute approximate surface area is 237 Å². The molecule has 0 aromatic heterocycles. The maximum atomic E-state index is 13.4. The fourth-order valence-corrected chi connectivity index (χ4v) is 4.42. The highest BCUT2D eigenvalue weighted by Gasteiger charge is 2.30. The quantitative estimate of drug-likeness (QED) is 0.115. The van der Waals surface area contributed by atoms with Crippen molar-refractivity contribution < 1.29 is 38.1 Å². The zero-order valence-corrected chi connectivity index (χ0v) is 25.0. The molecule has 1 aromatic rings. The summed E-state index contributed by atoms with van der Waals surface area (Å²) in [4.78, 5) is 68.1. The van der Waals surface area contributed by atoms with E-state index in [0.29, 0.717) is 31.4 Å². The van der Waals surface area contributed by atoms with Crippen molar-refractivity contribution in [3.63, 3.8) is 0 Å². The van der Waals surface area contributed by atoms with Gasteiger partial charge in [-0.2, -0.15) is 0 Å². The summed E-state index contributed by atoms with van der Waals surface area (Å²) in [6.07, 6.45) is 6.36. The molecule has 3 amide bonds. The van der Waals surface area contributed by atoms with E-state index in [1.54, 1.807) is 19.1 Å². The molecule has 11 nitrogen and oxygen atoms in total. The highest BCUT2D eigenvalue weighted by molar-refractivity contribution is 7.46. The van der Waals surface area contributed by atoms with Crippen molar-refractivity contribution in [3.8, 4) is 5.75 Å². The predicted octanol–water partition coefficient (Wildman–Crippen LogP) is 3.56. The first-order valence-electron chi connectivity index (χ1n) is 14.1. The van der Waals surface area contributed by atoms with Gasteiger partial charge in [-0.3, -0.25) is 24.2 Å². The molecule has 1 rings (SSSR count). The molecule has 40 heavy (non-hydrogen) atoms. The first-order chi connectivity index (χ1) is 18.9. The molecule has 0 aliphatic carbocycles. The minimum atomic E-state index is -4.71. The summed E-state index contributed by atoms with van der Waals surface area (Å²) in [6, 6.07) is 4.09. The monoisotopic (exact) mass is 583 g/mol. The van der Waals surface area contributed by atoms with Crippen LogP contribution in [-0.4, -0.2) is 51.9 Å². The highest BCUT2D eigenvalue weighted by atomic mass is 31.2. The van der Waals surface area contributed by atoms with Crippen molar-refractivity contribution in [2.24, 2.45) is 5.92 Å². The summed E-state index contributed by atoms with van der Waals surface area (Å²) in [6.45, 7) is 7.81. The SMILES string of the molecule is CCCCCC(=O)NC(Cc1ccc(OP(=O)(O)O)cc1)C(=O)N[C@H](C(=O)NCCCCCC(C)=O)C(C)CC. The molecule has 12 heteroatoms. The second kappa shape index (κ2) is 18.6. The standard InChI is InChI=1S/C28H46N3O8P/c1-5-7-9-13-25(33)30-24(19-22-14-16-23(17-15-22)39-40(36,37)38)27(34)31-26(20(3)6-2)28(35)29-18-11-8-10-12-21(4)32/h14-17,20,24,26H,5-13,18-19H2,1-4H3,(H,29,35)(H,30,33)(H,31,34)(H2,36,37,38)/t20?,24?,26-/m0/s1. The molecule has 0 saturated heterocycles. The molecule has 0 radical (unpaired) electrons. The van der Waals surface area contributed by atoms with Crippen molar-refractivity contribution in [2.45, 2.75) is 104 Å². The fourth-order valence-electron chi connectivity index (χ4n) is 4.02. The van der Waals surface area contributed by atoms with Crippen LogP contribution in [0.4, 0.5) is 0 Å². The van der Waals surface area contributed by atoms with Gasteiger partial charge in [0.1, 0.15) is 23.6 Å². The topological polar surface area (TPSA) is 171 Å². The summed E-state index contributed by atoms with van der Waals surface area (Å²) >= 11 is 0. The lowest BCUT2D eigenvalue weighted by Crippen LogP contribution is -2.56. The van der Waals surface area contributed by atoms with Crippen molar-refractivity contribution >= 4 is 31.3 Å². The molecule has 0 aliphatic rings. The number of benzene rings is 1. The molecule has 1 aromatic carbocycles. The fraction of sp³-hybridized carbons (Fsp3) is 0.643. The van der Waals surface area contributed by atoms with E-state index in [1.165, 1.54) is 12.1 Å². The number of carbonyl (C=O) groups is 4. The van der Waals surface area contributed by atoms with Crippen LogP contribution in [0.5, 0.6) is 5.75 Å². The number of Topliss-reactive ketones (excluding diaryl/α,β-unsaturated/α-hetero) is 1. The Balaban J connectivity index is 2.95. The minimum absolute atomic E-state index is 0.0310. The van der Waals surface area contributed by atoms with Gasteiger partial charge in [0.2, 0.25) is 17.7 Å². The van der Waals surface area contributed by atoms with Gasteiger partial charge in [-0.25, -0.2) is 4.57 Å². The third-order valence-corrected chi connectivity index (χ3v) is 6.99. The number of carbonyl (C=O) groups excluding carboxylic acids is 4. The number of phosphoric acid groups is 1. The largest absolute Gasteiger partial charge is 0.524 e. The lowest BCUT2D eigenvalue weighted by atomic mass is 9.97. The van der Waals surface area contributed by atoms with Crippen LogP contribution in [0.25, 0.3) is 0 Å². The van der Waals surface area contributed by atoms with Gasteiger partial charge in [0.25, 0.3) is 0 Å². The van der Waals surface area contributed by atoms with Gasteiger partial charge in [-0.15, -0.1) is 0 Å². The van der Waals surface area contributed by atoms with Crippen LogP contribution in [0.1, 0.15) is 91.0 Å². The molecule has 3 atom stereocenters. The molecular weight excluding hydrogens is 537 g/mol. The number of hydrogen-bond donors (Lipinski definition) is 5. The van der Waals surface area contributed by atoms with E-state index < -0.39 is 25.8 Å². The van der Waals surface area contributed by atoms with Crippen LogP contribution in [0.15, 0.2) is 24.3 Å². The van der Waals surface area contributed by atoms with Crippen LogP contribution >= 0.6 is 7.82 Å². The number of phosphoric ester groups is 1. The second-order valence-corrected chi connectivity index (χ2v) is 11.3. The number of rotatable bonds is 20. The highest BCUT2D eigenvalue weighted by Crippen LogP contribution is 2.37. The summed E-state index contributed by atoms with van der Waals surface area (Å²) < 4.78 is 15.7. The maximum absolute atomic E-state index is 13.4. The lowest BCUT2D eigenvalue weighted by molar-refractivity contribution is -0.133. The van der Waals surface area contributed by atoms with Gasteiger partial charge in [0.05, 0.1) is 0 Å². The number of unbranched alkanes of at least 4 members (excludes halogenated alkanes) is 4. The Morgan fingerprint density at radius 1 is 0.900 bits per heavy atom. The van der Waals surface area contributed by atoms with Crippen LogP contribution in [0.3, 0.4) is 0 Å². The summed E-state index contributed by atoms with van der Waals surface area (Å²) in [5.74, 6) is -1.13. The van der Waals surface area contributed by atoms with E-state index in [9.17, 15) is 23.7 Å². The molecule has 5 N–H and O–H groups in total. The lowest BCUT2D eigenvalue weighted by Gasteiger charge is -2.26. The van der Waals surface area contributed by atoms with E-state index >= 15 is 0 Å². The Hall–Kier alpha value is -2.75. The van der Waals surface area contributed by atoms with Crippen molar-refractivity contribution in [1.82, 2.24) is 16.0 Å². The summed E-state index contributed by atoms with van der Waals surface area (Å²) in [7, 11) is -4.71. The Bertz CT molecular complexity index is 996. The molecular formula is C28H46N3O8P. The van der Waals surface area contributed by atoms with Crippen LogP contribution in [-0.2, 0) is 30.2 Å². The molecule has 0 fully saturated rings. The predicted molar refractivity (Wildman–Crippen MR) is 152 cm³/mol. The smallest absolute Gasteiger partial charge is 0.404 e. The third-order valence-electron chi connectivity index (χ3n) is 6.54. The molecule has 2 unspecified atom stereocenters. The molecule has 0 saturated carbocycles. The minimum Gasteiger partial charge on any atom is -0.404 e. The average Bonchev–Trinajstić information content (AvgIpc) is 2.88. The summed E-state index contributed by atoms with van der Waals surface area (Å²) in [5, 5.41) is 8.50. The van der Waals surface area contributed by atoms with E-state index in [-0.39, 0.29) is 42.1 Å². The van der Waals surface area contributed by atoms with Gasteiger partial charge in [-0.1, -0.05) is 58.6 Å². The Kier molecular flexibility index (Phi) is 16.4. The average molecular weight is 584 g/mol. The van der Waals surface area contributed by atoms with Crippen molar-refractivity contribution in [2.75, 3.05) is 6.54 Å². The van der Waals surface area contributed by atoms with Crippen molar-refractivity contribution in [1.29, 1.82) is 0 Å². The molecule has 0 aliphatic heterocycles. The van der Waals surface area contributed by atoms with Gasteiger partial charge >= 0.3 is 7.82 Å². The van der Waals surface area contributed by atoms with Gasteiger partial charge in [-0.05, 0) is 49.8 Å². The molecule has 0 spiro atoms.